The van der Waals surface area contributed by atoms with Gasteiger partial charge in [-0.2, -0.15) is 0 Å². The van der Waals surface area contributed by atoms with Crippen molar-refractivity contribution in [3.05, 3.63) is 34.9 Å². The Balaban J connectivity index is 0.00000220. The molecule has 1 aliphatic heterocycles. The number of halogens is 2. The van der Waals surface area contributed by atoms with E-state index in [2.05, 4.69) is 16.0 Å². The summed E-state index contributed by atoms with van der Waals surface area (Å²) in [5, 5.41) is 0.774. The van der Waals surface area contributed by atoms with E-state index in [0.717, 1.165) is 18.1 Å². The number of rotatable bonds is 4. The average molecular weight is 423 g/mol. The molecule has 1 unspecified atom stereocenters. The van der Waals surface area contributed by atoms with Gasteiger partial charge in [-0.25, -0.2) is 0 Å². The molecular formula is C15H24ClIN4. The highest BCUT2D eigenvalue weighted by atomic mass is 127. The molecule has 2 N–H and O–H groups in total. The van der Waals surface area contributed by atoms with Crippen molar-refractivity contribution in [3.63, 3.8) is 0 Å². The highest BCUT2D eigenvalue weighted by Gasteiger charge is 2.23. The van der Waals surface area contributed by atoms with Crippen LogP contribution >= 0.6 is 35.6 Å². The van der Waals surface area contributed by atoms with E-state index in [1.165, 1.54) is 18.4 Å². The van der Waals surface area contributed by atoms with E-state index in [1.807, 2.05) is 37.2 Å². The lowest BCUT2D eigenvalue weighted by Gasteiger charge is -2.27. The molecule has 1 saturated heterocycles. The predicted octanol–water partition coefficient (Wildman–Crippen LogP) is 2.97. The van der Waals surface area contributed by atoms with E-state index in [1.54, 1.807) is 0 Å². The van der Waals surface area contributed by atoms with Gasteiger partial charge in [-0.1, -0.05) is 23.7 Å². The van der Waals surface area contributed by atoms with Gasteiger partial charge in [0, 0.05) is 19.1 Å². The number of hydrogen-bond donors (Lipinski definition) is 1. The minimum Gasteiger partial charge on any atom is -0.370 e. The van der Waals surface area contributed by atoms with Gasteiger partial charge in [-0.15, -0.1) is 24.0 Å². The zero-order valence-corrected chi connectivity index (χ0v) is 15.7. The average Bonchev–Trinajstić information content (AvgIpc) is 2.92. The Kier molecular flexibility index (Phi) is 7.76. The van der Waals surface area contributed by atoms with Crippen LogP contribution in [0.4, 0.5) is 0 Å². The second-order valence-corrected chi connectivity index (χ2v) is 5.84. The molecule has 1 aliphatic rings. The fraction of sp³-hybridized carbons (Fsp3) is 0.533. The lowest BCUT2D eigenvalue weighted by Crippen LogP contribution is -2.33. The van der Waals surface area contributed by atoms with Crippen molar-refractivity contribution < 1.29 is 0 Å². The molecule has 21 heavy (non-hydrogen) atoms. The third-order valence-corrected chi connectivity index (χ3v) is 3.93. The van der Waals surface area contributed by atoms with Gasteiger partial charge in [0.05, 0.1) is 12.6 Å². The second kappa shape index (κ2) is 8.80. The van der Waals surface area contributed by atoms with E-state index in [-0.39, 0.29) is 30.0 Å². The lowest BCUT2D eigenvalue weighted by atomic mass is 10.1. The minimum atomic E-state index is 0. The quantitative estimate of drug-likeness (QED) is 0.461. The first kappa shape index (κ1) is 18.5. The molecule has 2 rings (SSSR count). The number of benzene rings is 1. The van der Waals surface area contributed by atoms with Crippen LogP contribution in [0, 0.1) is 0 Å². The van der Waals surface area contributed by atoms with Crippen LogP contribution in [0.5, 0.6) is 0 Å². The van der Waals surface area contributed by atoms with E-state index >= 15 is 0 Å². The summed E-state index contributed by atoms with van der Waals surface area (Å²) in [4.78, 5) is 8.81. The maximum atomic E-state index is 6.12. The molecule has 0 aliphatic carbocycles. The van der Waals surface area contributed by atoms with E-state index in [9.17, 15) is 0 Å². The van der Waals surface area contributed by atoms with E-state index in [4.69, 9.17) is 17.3 Å². The van der Waals surface area contributed by atoms with Crippen molar-refractivity contribution in [2.24, 2.45) is 10.7 Å². The number of nitrogens with two attached hydrogens (primary N) is 1. The summed E-state index contributed by atoms with van der Waals surface area (Å²) in [6.07, 6.45) is 2.51. The molecule has 1 fully saturated rings. The summed E-state index contributed by atoms with van der Waals surface area (Å²) in [5.74, 6) is 0.566. The molecule has 118 valence electrons. The minimum absolute atomic E-state index is 0. The van der Waals surface area contributed by atoms with Crippen LogP contribution in [0.15, 0.2) is 29.3 Å². The van der Waals surface area contributed by atoms with Gasteiger partial charge in [0.25, 0.3) is 0 Å². The normalized spacial score (nSPS) is 17.4. The molecule has 0 amide bonds. The smallest absolute Gasteiger partial charge is 0.190 e. The molecule has 4 nitrogen and oxygen atoms in total. The molecule has 0 bridgehead atoms. The molecule has 1 atom stereocenters. The van der Waals surface area contributed by atoms with Gasteiger partial charge < -0.3 is 10.6 Å². The van der Waals surface area contributed by atoms with Crippen LogP contribution in [0.25, 0.3) is 0 Å². The second-order valence-electron chi connectivity index (χ2n) is 5.41. The number of hydrogen-bond acceptors (Lipinski definition) is 2. The first-order valence-corrected chi connectivity index (χ1v) is 7.42. The molecule has 1 heterocycles. The van der Waals surface area contributed by atoms with Gasteiger partial charge >= 0.3 is 0 Å². The van der Waals surface area contributed by atoms with E-state index in [0.29, 0.717) is 12.5 Å². The molecular weight excluding hydrogens is 399 g/mol. The Hall–Kier alpha value is -0.530. The molecule has 1 aromatic rings. The SMILES string of the molecule is CN(C)C(N)=NCC(c1cccc(Cl)c1)N1CCCC1.I. The summed E-state index contributed by atoms with van der Waals surface area (Å²) in [7, 11) is 3.81. The first-order valence-electron chi connectivity index (χ1n) is 7.04. The summed E-state index contributed by atoms with van der Waals surface area (Å²) in [5.41, 5.74) is 7.12. The third kappa shape index (κ3) is 5.30. The van der Waals surface area contributed by atoms with Crippen molar-refractivity contribution in [2.75, 3.05) is 33.7 Å². The van der Waals surface area contributed by atoms with Crippen LogP contribution < -0.4 is 5.73 Å². The standard InChI is InChI=1S/C15H23ClN4.HI/c1-19(2)15(17)18-11-14(20-8-3-4-9-20)12-6-5-7-13(16)10-12;/h5-7,10,14H,3-4,8-9,11H2,1-2H3,(H2,17,18);1H. The van der Waals surface area contributed by atoms with Gasteiger partial charge in [0.2, 0.25) is 0 Å². The Morgan fingerprint density at radius 2 is 2.05 bits per heavy atom. The van der Waals surface area contributed by atoms with Gasteiger partial charge in [-0.3, -0.25) is 9.89 Å². The highest BCUT2D eigenvalue weighted by Crippen LogP contribution is 2.27. The van der Waals surface area contributed by atoms with Crippen LogP contribution in [-0.4, -0.2) is 49.5 Å². The van der Waals surface area contributed by atoms with Crippen LogP contribution in [-0.2, 0) is 0 Å². The summed E-state index contributed by atoms with van der Waals surface area (Å²) >= 11 is 6.12. The van der Waals surface area contributed by atoms with Gasteiger partial charge in [-0.05, 0) is 43.6 Å². The predicted molar refractivity (Wildman–Crippen MR) is 101 cm³/mol. The lowest BCUT2D eigenvalue weighted by molar-refractivity contribution is 0.251. The van der Waals surface area contributed by atoms with Crippen molar-refractivity contribution in [3.8, 4) is 0 Å². The monoisotopic (exact) mass is 422 g/mol. The largest absolute Gasteiger partial charge is 0.370 e. The van der Waals surface area contributed by atoms with Crippen molar-refractivity contribution >= 4 is 41.5 Å². The Morgan fingerprint density at radius 1 is 1.38 bits per heavy atom. The summed E-state index contributed by atoms with van der Waals surface area (Å²) in [6, 6.07) is 8.32. The molecule has 0 radical (unpaired) electrons. The zero-order chi connectivity index (χ0) is 14.5. The van der Waals surface area contributed by atoms with Gasteiger partial charge in [0.1, 0.15) is 0 Å². The van der Waals surface area contributed by atoms with Crippen LogP contribution in [0.3, 0.4) is 0 Å². The Morgan fingerprint density at radius 3 is 2.62 bits per heavy atom. The van der Waals surface area contributed by atoms with Crippen molar-refractivity contribution in [2.45, 2.75) is 18.9 Å². The van der Waals surface area contributed by atoms with Crippen LogP contribution in [0.1, 0.15) is 24.4 Å². The maximum absolute atomic E-state index is 6.12. The highest BCUT2D eigenvalue weighted by molar-refractivity contribution is 14.0. The third-order valence-electron chi connectivity index (χ3n) is 3.70. The Labute approximate surface area is 149 Å². The topological polar surface area (TPSA) is 44.9 Å². The number of guanidine groups is 1. The number of likely N-dealkylation sites (tertiary alicyclic amines) is 1. The fourth-order valence-electron chi connectivity index (χ4n) is 2.52. The fourth-order valence-corrected chi connectivity index (χ4v) is 2.72. The zero-order valence-electron chi connectivity index (χ0n) is 12.6. The summed E-state index contributed by atoms with van der Waals surface area (Å²) in [6.45, 7) is 2.91. The first-order chi connectivity index (χ1) is 9.58. The van der Waals surface area contributed by atoms with Crippen molar-refractivity contribution in [1.29, 1.82) is 0 Å². The number of aliphatic imine (C=N–C) groups is 1. The molecule has 0 aromatic heterocycles. The molecule has 6 heteroatoms. The number of nitrogens with zero attached hydrogens (tertiary/aromatic N) is 3. The van der Waals surface area contributed by atoms with Crippen LogP contribution in [0.2, 0.25) is 5.02 Å². The summed E-state index contributed by atoms with van der Waals surface area (Å²) < 4.78 is 0. The molecule has 1 aromatic carbocycles. The van der Waals surface area contributed by atoms with E-state index < -0.39 is 0 Å². The Bertz CT molecular complexity index is 472. The van der Waals surface area contributed by atoms with Gasteiger partial charge in [0.15, 0.2) is 5.96 Å². The molecule has 0 saturated carbocycles. The molecule has 0 spiro atoms. The van der Waals surface area contributed by atoms with Crippen molar-refractivity contribution in [1.82, 2.24) is 9.80 Å². The maximum Gasteiger partial charge on any atom is 0.190 e.